The summed E-state index contributed by atoms with van der Waals surface area (Å²) >= 11 is 3.39. The lowest BCUT2D eigenvalue weighted by molar-refractivity contribution is 0.0586. The van der Waals surface area contributed by atoms with E-state index in [0.717, 1.165) is 10.0 Å². The third-order valence-electron chi connectivity index (χ3n) is 2.39. The van der Waals surface area contributed by atoms with Crippen molar-refractivity contribution in [3.8, 4) is 5.88 Å². The second-order valence-corrected chi connectivity index (χ2v) is 4.68. The zero-order valence-corrected chi connectivity index (χ0v) is 12.6. The van der Waals surface area contributed by atoms with E-state index in [4.69, 9.17) is 4.74 Å². The van der Waals surface area contributed by atoms with Crippen LogP contribution in [0.1, 0.15) is 23.1 Å². The molecule has 0 aliphatic heterocycles. The van der Waals surface area contributed by atoms with Crippen LogP contribution in [0.5, 0.6) is 5.88 Å². The van der Waals surface area contributed by atoms with Gasteiger partial charge >= 0.3 is 5.97 Å². The van der Waals surface area contributed by atoms with Crippen molar-refractivity contribution >= 4 is 21.9 Å². The molecular weight excluding hydrogens is 328 g/mol. The highest BCUT2D eigenvalue weighted by molar-refractivity contribution is 9.10. The summed E-state index contributed by atoms with van der Waals surface area (Å²) in [6, 6.07) is 1.89. The molecule has 20 heavy (non-hydrogen) atoms. The molecule has 0 unspecified atom stereocenters. The molecule has 0 aliphatic rings. The maximum absolute atomic E-state index is 11.3. The van der Waals surface area contributed by atoms with Crippen molar-refractivity contribution < 1.29 is 14.3 Å². The Balaban J connectivity index is 2.12. The molecule has 2 rings (SSSR count). The number of nitrogens with zero attached hydrogens (tertiary/aromatic N) is 4. The summed E-state index contributed by atoms with van der Waals surface area (Å²) in [4.78, 5) is 19.3. The first-order chi connectivity index (χ1) is 9.63. The minimum atomic E-state index is -0.560. The van der Waals surface area contributed by atoms with E-state index in [-0.39, 0.29) is 5.82 Å². The first-order valence-electron chi connectivity index (χ1n) is 5.89. The Morgan fingerprint density at radius 2 is 2.25 bits per heavy atom. The highest BCUT2D eigenvalue weighted by Crippen LogP contribution is 2.23. The predicted molar refractivity (Wildman–Crippen MR) is 73.6 cm³/mol. The van der Waals surface area contributed by atoms with E-state index in [9.17, 15) is 4.79 Å². The van der Waals surface area contributed by atoms with Gasteiger partial charge in [-0.2, -0.15) is 0 Å². The van der Waals surface area contributed by atoms with Crippen LogP contribution >= 0.6 is 15.9 Å². The second-order valence-electron chi connectivity index (χ2n) is 3.82. The Labute approximate surface area is 124 Å². The van der Waals surface area contributed by atoms with Crippen molar-refractivity contribution in [2.45, 2.75) is 13.5 Å². The zero-order valence-electron chi connectivity index (χ0n) is 11.0. The maximum atomic E-state index is 11.3. The average molecular weight is 341 g/mol. The monoisotopic (exact) mass is 340 g/mol. The van der Waals surface area contributed by atoms with Crippen LogP contribution in [0, 0.1) is 0 Å². The fourth-order valence-corrected chi connectivity index (χ4v) is 2.05. The molecule has 0 aromatic carbocycles. The molecule has 0 spiro atoms. The number of rotatable bonds is 5. The van der Waals surface area contributed by atoms with Crippen LogP contribution in [0.25, 0.3) is 0 Å². The number of carbonyl (C=O) groups excluding carboxylic acids is 1. The van der Waals surface area contributed by atoms with Crippen LogP contribution in [0.3, 0.4) is 0 Å². The van der Waals surface area contributed by atoms with Gasteiger partial charge in [0.2, 0.25) is 5.88 Å². The number of halogens is 1. The van der Waals surface area contributed by atoms with Crippen LogP contribution in [-0.2, 0) is 11.3 Å². The van der Waals surface area contributed by atoms with Gasteiger partial charge < -0.3 is 9.47 Å². The molecule has 0 amide bonds. The zero-order chi connectivity index (χ0) is 14.5. The van der Waals surface area contributed by atoms with Gasteiger partial charge in [0, 0.05) is 6.20 Å². The lowest BCUT2D eigenvalue weighted by Gasteiger charge is -2.06. The molecule has 0 fully saturated rings. The molecule has 0 saturated heterocycles. The fraction of sp³-hybridized carbons (Fsp3) is 0.333. The normalized spacial score (nSPS) is 10.3. The number of pyridine rings is 1. The Bertz CT molecular complexity index is 614. The summed E-state index contributed by atoms with van der Waals surface area (Å²) in [7, 11) is 1.29. The van der Waals surface area contributed by atoms with Gasteiger partial charge in [-0.05, 0) is 34.5 Å². The van der Waals surface area contributed by atoms with Gasteiger partial charge in [-0.25, -0.2) is 19.4 Å². The highest BCUT2D eigenvalue weighted by Gasteiger charge is 2.12. The van der Waals surface area contributed by atoms with Crippen molar-refractivity contribution in [2.24, 2.45) is 0 Å². The minimum Gasteiger partial charge on any atom is -0.477 e. The van der Waals surface area contributed by atoms with Gasteiger partial charge in [-0.3, -0.25) is 0 Å². The molecule has 7 nitrogen and oxygen atoms in total. The first-order valence-corrected chi connectivity index (χ1v) is 6.68. The Morgan fingerprint density at radius 3 is 2.90 bits per heavy atom. The number of aromatic nitrogens is 4. The topological polar surface area (TPSA) is 79.1 Å². The Kier molecular flexibility index (Phi) is 4.67. The van der Waals surface area contributed by atoms with Gasteiger partial charge in [-0.15, -0.1) is 5.10 Å². The minimum absolute atomic E-state index is 0.0328. The van der Waals surface area contributed by atoms with Crippen molar-refractivity contribution in [2.75, 3.05) is 13.7 Å². The summed E-state index contributed by atoms with van der Waals surface area (Å²) in [5.41, 5.74) is 0.904. The predicted octanol–water partition coefficient (Wildman–Crippen LogP) is 1.67. The summed E-state index contributed by atoms with van der Waals surface area (Å²) in [5.74, 6) is 0.0188. The summed E-state index contributed by atoms with van der Waals surface area (Å²) in [6.07, 6.45) is 3.16. The van der Waals surface area contributed by atoms with Gasteiger partial charge in [0.15, 0.2) is 0 Å². The van der Waals surface area contributed by atoms with E-state index < -0.39 is 5.97 Å². The third kappa shape index (κ3) is 3.32. The van der Waals surface area contributed by atoms with E-state index in [1.54, 1.807) is 6.20 Å². The second kappa shape index (κ2) is 6.47. The number of carbonyl (C=O) groups is 1. The van der Waals surface area contributed by atoms with Crippen LogP contribution in [0.4, 0.5) is 0 Å². The molecule has 0 N–H and O–H groups in total. The molecule has 0 radical (unpaired) electrons. The average Bonchev–Trinajstić information content (AvgIpc) is 2.89. The largest absolute Gasteiger partial charge is 0.477 e. The fourth-order valence-electron chi connectivity index (χ4n) is 1.54. The number of hydrogen-bond acceptors (Lipinski definition) is 6. The van der Waals surface area contributed by atoms with Gasteiger partial charge in [0.1, 0.15) is 6.33 Å². The molecule has 2 aromatic heterocycles. The number of ether oxygens (including phenoxy) is 2. The molecule has 0 atom stereocenters. The van der Waals surface area contributed by atoms with E-state index in [1.807, 2.05) is 13.0 Å². The molecule has 0 saturated carbocycles. The summed E-state index contributed by atoms with van der Waals surface area (Å²) in [6.45, 7) is 2.89. The molecule has 0 bridgehead atoms. The maximum Gasteiger partial charge on any atom is 0.377 e. The lowest BCUT2D eigenvalue weighted by atomic mass is 10.3. The standard InChI is InChI=1S/C12H13BrN4O3/c1-3-20-11-9(13)4-8(5-14-11)6-17-7-15-10(16-17)12(18)19-2/h4-5,7H,3,6H2,1-2H3. The number of esters is 1. The Hall–Kier alpha value is -1.96. The van der Waals surface area contributed by atoms with Crippen LogP contribution in [0.15, 0.2) is 23.1 Å². The van der Waals surface area contributed by atoms with E-state index in [0.29, 0.717) is 19.0 Å². The smallest absolute Gasteiger partial charge is 0.377 e. The van der Waals surface area contributed by atoms with Crippen LogP contribution < -0.4 is 4.74 Å². The Morgan fingerprint density at radius 1 is 1.45 bits per heavy atom. The summed E-state index contributed by atoms with van der Waals surface area (Å²) < 4.78 is 12.2. The molecule has 106 valence electrons. The van der Waals surface area contributed by atoms with Gasteiger partial charge in [0.25, 0.3) is 5.82 Å². The van der Waals surface area contributed by atoms with E-state index in [2.05, 4.69) is 35.7 Å². The molecule has 0 aliphatic carbocycles. The first kappa shape index (κ1) is 14.4. The van der Waals surface area contributed by atoms with Crippen molar-refractivity contribution in [3.05, 3.63) is 34.5 Å². The summed E-state index contributed by atoms with van der Waals surface area (Å²) in [5, 5.41) is 4.02. The molecule has 2 aromatic rings. The van der Waals surface area contributed by atoms with Crippen LogP contribution in [0.2, 0.25) is 0 Å². The SMILES string of the molecule is CCOc1ncc(Cn2cnc(C(=O)OC)n2)cc1Br. The van der Waals surface area contributed by atoms with Gasteiger partial charge in [0.05, 0.1) is 24.7 Å². The van der Waals surface area contributed by atoms with Crippen LogP contribution in [-0.4, -0.2) is 39.4 Å². The quantitative estimate of drug-likeness (QED) is 0.770. The van der Waals surface area contributed by atoms with E-state index >= 15 is 0 Å². The number of methoxy groups -OCH3 is 1. The third-order valence-corrected chi connectivity index (χ3v) is 2.96. The van der Waals surface area contributed by atoms with Crippen molar-refractivity contribution in [1.29, 1.82) is 0 Å². The van der Waals surface area contributed by atoms with Gasteiger partial charge in [-0.1, -0.05) is 0 Å². The highest BCUT2D eigenvalue weighted by atomic mass is 79.9. The molecule has 2 heterocycles. The van der Waals surface area contributed by atoms with Crippen molar-refractivity contribution in [3.63, 3.8) is 0 Å². The molecule has 8 heteroatoms. The van der Waals surface area contributed by atoms with Crippen molar-refractivity contribution in [1.82, 2.24) is 19.7 Å². The lowest BCUT2D eigenvalue weighted by Crippen LogP contribution is -2.07. The molecular formula is C12H13BrN4O3. The van der Waals surface area contributed by atoms with E-state index in [1.165, 1.54) is 18.1 Å². The number of hydrogen-bond donors (Lipinski definition) is 0.